The maximum atomic E-state index is 11.8. The molecule has 0 bridgehead atoms. The van der Waals surface area contributed by atoms with Crippen molar-refractivity contribution in [3.05, 3.63) is 29.3 Å². The number of nitrogens with one attached hydrogen (secondary N) is 1. The third-order valence-electron chi connectivity index (χ3n) is 2.55. The van der Waals surface area contributed by atoms with Crippen molar-refractivity contribution in [2.45, 2.75) is 26.2 Å². The molecule has 0 atom stereocenters. The average molecular weight is 232 g/mol. The second kappa shape index (κ2) is 6.54. The summed E-state index contributed by atoms with van der Waals surface area (Å²) in [6.45, 7) is 2.26. The lowest BCUT2D eigenvalue weighted by molar-refractivity contribution is 0.0952. The highest BCUT2D eigenvalue weighted by Crippen LogP contribution is 2.19. The van der Waals surface area contributed by atoms with Crippen LogP contribution in [0.15, 0.2) is 18.2 Å². The Hall–Kier alpha value is -2.02. The summed E-state index contributed by atoms with van der Waals surface area (Å²) >= 11 is 0. The van der Waals surface area contributed by atoms with Crippen LogP contribution in [0.2, 0.25) is 0 Å². The summed E-state index contributed by atoms with van der Waals surface area (Å²) in [4.78, 5) is 11.8. The largest absolute Gasteiger partial charge is 0.508 e. The van der Waals surface area contributed by atoms with Crippen LogP contribution in [0.5, 0.6) is 5.75 Å². The highest BCUT2D eigenvalue weighted by Gasteiger charge is 2.10. The van der Waals surface area contributed by atoms with Gasteiger partial charge in [0, 0.05) is 24.1 Å². The Morgan fingerprint density at radius 3 is 2.94 bits per heavy atom. The molecular formula is C13H16N2O2. The highest BCUT2D eigenvalue weighted by atomic mass is 16.3. The molecule has 0 saturated heterocycles. The van der Waals surface area contributed by atoms with Crippen LogP contribution in [0.4, 0.5) is 0 Å². The van der Waals surface area contributed by atoms with E-state index in [9.17, 15) is 9.90 Å². The summed E-state index contributed by atoms with van der Waals surface area (Å²) in [5, 5.41) is 20.6. The molecule has 1 aromatic rings. The van der Waals surface area contributed by atoms with Gasteiger partial charge in [-0.2, -0.15) is 5.26 Å². The predicted molar refractivity (Wildman–Crippen MR) is 64.6 cm³/mol. The van der Waals surface area contributed by atoms with E-state index in [1.807, 2.05) is 0 Å². The van der Waals surface area contributed by atoms with Crippen molar-refractivity contribution in [3.8, 4) is 11.8 Å². The quantitative estimate of drug-likeness (QED) is 0.764. The van der Waals surface area contributed by atoms with E-state index in [1.54, 1.807) is 25.1 Å². The van der Waals surface area contributed by atoms with Gasteiger partial charge in [0.2, 0.25) is 0 Å². The molecule has 0 saturated carbocycles. The van der Waals surface area contributed by atoms with E-state index in [0.717, 1.165) is 12.8 Å². The molecular weight excluding hydrogens is 216 g/mol. The molecule has 4 nitrogen and oxygen atoms in total. The minimum absolute atomic E-state index is 0.127. The number of phenolic OH excluding ortho intramolecular Hbond substituents is 1. The number of nitrogens with zero attached hydrogens (tertiary/aromatic N) is 1. The Morgan fingerprint density at radius 2 is 2.24 bits per heavy atom. The van der Waals surface area contributed by atoms with E-state index in [-0.39, 0.29) is 11.7 Å². The molecule has 0 aliphatic heterocycles. The molecule has 0 unspecified atom stereocenters. The Bertz CT molecular complexity index is 436. The monoisotopic (exact) mass is 232 g/mol. The number of amides is 1. The van der Waals surface area contributed by atoms with E-state index in [2.05, 4.69) is 11.4 Å². The zero-order chi connectivity index (χ0) is 12.7. The van der Waals surface area contributed by atoms with Gasteiger partial charge in [-0.3, -0.25) is 4.79 Å². The minimum atomic E-state index is -0.185. The summed E-state index contributed by atoms with van der Waals surface area (Å²) < 4.78 is 0. The van der Waals surface area contributed by atoms with Crippen molar-refractivity contribution in [2.75, 3.05) is 6.54 Å². The van der Waals surface area contributed by atoms with Gasteiger partial charge in [-0.05, 0) is 31.9 Å². The topological polar surface area (TPSA) is 73.1 Å². The van der Waals surface area contributed by atoms with Gasteiger partial charge in [0.1, 0.15) is 5.75 Å². The minimum Gasteiger partial charge on any atom is -0.508 e. The number of nitriles is 1. The van der Waals surface area contributed by atoms with E-state index in [4.69, 9.17) is 5.26 Å². The van der Waals surface area contributed by atoms with E-state index in [0.29, 0.717) is 24.1 Å². The maximum absolute atomic E-state index is 11.8. The molecule has 0 radical (unpaired) electrons. The number of hydrogen-bond acceptors (Lipinski definition) is 3. The first-order valence-corrected chi connectivity index (χ1v) is 5.60. The molecule has 0 fully saturated rings. The first-order chi connectivity index (χ1) is 8.16. The second-order valence-corrected chi connectivity index (χ2v) is 3.82. The lowest BCUT2D eigenvalue weighted by atomic mass is 10.1. The van der Waals surface area contributed by atoms with Crippen LogP contribution < -0.4 is 5.32 Å². The molecule has 1 amide bonds. The molecule has 1 rings (SSSR count). The summed E-state index contributed by atoms with van der Waals surface area (Å²) in [6.07, 6.45) is 2.09. The van der Waals surface area contributed by atoms with Crippen molar-refractivity contribution in [1.82, 2.24) is 5.32 Å². The highest BCUT2D eigenvalue weighted by molar-refractivity contribution is 5.96. The van der Waals surface area contributed by atoms with Gasteiger partial charge in [0.15, 0.2) is 0 Å². The fraction of sp³-hybridized carbons (Fsp3) is 0.385. The van der Waals surface area contributed by atoms with Crippen LogP contribution in [0, 0.1) is 18.3 Å². The number of aromatic hydroxyl groups is 1. The van der Waals surface area contributed by atoms with E-state index < -0.39 is 0 Å². The first kappa shape index (κ1) is 13.0. The molecule has 0 heterocycles. The summed E-state index contributed by atoms with van der Waals surface area (Å²) in [5.41, 5.74) is 1.08. The number of rotatable bonds is 5. The van der Waals surface area contributed by atoms with Crippen molar-refractivity contribution in [2.24, 2.45) is 0 Å². The van der Waals surface area contributed by atoms with E-state index in [1.165, 1.54) is 0 Å². The molecule has 0 aliphatic carbocycles. The SMILES string of the molecule is Cc1c(O)cccc1C(=O)NCCCCC#N. The zero-order valence-corrected chi connectivity index (χ0v) is 9.86. The van der Waals surface area contributed by atoms with Crippen molar-refractivity contribution in [3.63, 3.8) is 0 Å². The molecule has 0 spiro atoms. The molecule has 0 aliphatic rings. The summed E-state index contributed by atoms with van der Waals surface area (Å²) in [7, 11) is 0. The smallest absolute Gasteiger partial charge is 0.251 e. The number of phenols is 1. The first-order valence-electron chi connectivity index (χ1n) is 5.60. The van der Waals surface area contributed by atoms with E-state index >= 15 is 0 Å². The Labute approximate surface area is 101 Å². The van der Waals surface area contributed by atoms with Crippen LogP contribution in [-0.2, 0) is 0 Å². The number of carbonyl (C=O) groups excluding carboxylic acids is 1. The third-order valence-corrected chi connectivity index (χ3v) is 2.55. The Balaban J connectivity index is 2.48. The molecule has 1 aromatic carbocycles. The lowest BCUT2D eigenvalue weighted by Gasteiger charge is -2.08. The normalized spacial score (nSPS) is 9.65. The molecule has 4 heteroatoms. The standard InChI is InChI=1S/C13H16N2O2/c1-10-11(6-5-7-12(10)16)13(17)15-9-4-2-3-8-14/h5-7,16H,2-4,9H2,1H3,(H,15,17). The van der Waals surface area contributed by atoms with Crippen LogP contribution in [0.3, 0.4) is 0 Å². The van der Waals surface area contributed by atoms with Gasteiger partial charge in [-0.15, -0.1) is 0 Å². The van der Waals surface area contributed by atoms with Gasteiger partial charge < -0.3 is 10.4 Å². The number of unbranched alkanes of at least 4 members (excludes halogenated alkanes) is 2. The van der Waals surface area contributed by atoms with Gasteiger partial charge in [0.25, 0.3) is 5.91 Å². The summed E-state index contributed by atoms with van der Waals surface area (Å²) in [5.74, 6) is -0.0579. The predicted octanol–water partition coefficient (Wildman–Crippen LogP) is 2.12. The van der Waals surface area contributed by atoms with Gasteiger partial charge >= 0.3 is 0 Å². The average Bonchev–Trinajstić information content (AvgIpc) is 2.32. The Kier molecular flexibility index (Phi) is 5.02. The summed E-state index contributed by atoms with van der Waals surface area (Å²) in [6, 6.07) is 6.94. The van der Waals surface area contributed by atoms with Gasteiger partial charge in [-0.25, -0.2) is 0 Å². The van der Waals surface area contributed by atoms with Crippen LogP contribution in [0.1, 0.15) is 35.2 Å². The molecule has 2 N–H and O–H groups in total. The van der Waals surface area contributed by atoms with Crippen LogP contribution in [0.25, 0.3) is 0 Å². The van der Waals surface area contributed by atoms with Gasteiger partial charge in [-0.1, -0.05) is 6.07 Å². The molecule has 90 valence electrons. The third kappa shape index (κ3) is 3.80. The molecule has 0 aromatic heterocycles. The number of carbonyl (C=O) groups is 1. The van der Waals surface area contributed by atoms with Crippen molar-refractivity contribution in [1.29, 1.82) is 5.26 Å². The Morgan fingerprint density at radius 1 is 1.47 bits per heavy atom. The maximum Gasteiger partial charge on any atom is 0.251 e. The fourth-order valence-electron chi connectivity index (χ4n) is 1.50. The second-order valence-electron chi connectivity index (χ2n) is 3.82. The molecule has 17 heavy (non-hydrogen) atoms. The van der Waals surface area contributed by atoms with Crippen molar-refractivity contribution >= 4 is 5.91 Å². The lowest BCUT2D eigenvalue weighted by Crippen LogP contribution is -2.25. The van der Waals surface area contributed by atoms with Crippen LogP contribution in [-0.4, -0.2) is 17.6 Å². The van der Waals surface area contributed by atoms with Crippen LogP contribution >= 0.6 is 0 Å². The van der Waals surface area contributed by atoms with Crippen molar-refractivity contribution < 1.29 is 9.90 Å². The number of hydrogen-bond donors (Lipinski definition) is 2. The fourth-order valence-corrected chi connectivity index (χ4v) is 1.50. The zero-order valence-electron chi connectivity index (χ0n) is 9.86. The number of benzene rings is 1. The van der Waals surface area contributed by atoms with Gasteiger partial charge in [0.05, 0.1) is 6.07 Å².